The van der Waals surface area contributed by atoms with Gasteiger partial charge in [-0.25, -0.2) is 0 Å². The molecule has 3 aliphatic rings. The van der Waals surface area contributed by atoms with Gasteiger partial charge in [-0.2, -0.15) is 0 Å². The maximum absolute atomic E-state index is 7.11. The van der Waals surface area contributed by atoms with Gasteiger partial charge in [0.05, 0.1) is 36.6 Å². The van der Waals surface area contributed by atoms with Crippen molar-refractivity contribution in [3.8, 4) is 0 Å². The Kier molecular flexibility index (Phi) is 11.2. The average molecular weight is 539 g/mol. The summed E-state index contributed by atoms with van der Waals surface area (Å²) in [6, 6.07) is 0. The van der Waals surface area contributed by atoms with Gasteiger partial charge in [-0.1, -0.05) is 82.6 Å². The monoisotopic (exact) mass is 538 g/mol. The topological polar surface area (TPSA) is 46.2 Å². The zero-order chi connectivity index (χ0) is 28.5. The third-order valence-corrected chi connectivity index (χ3v) is 11.2. The van der Waals surface area contributed by atoms with Crippen LogP contribution in [0.5, 0.6) is 0 Å². The van der Waals surface area contributed by atoms with E-state index < -0.39 is 5.79 Å². The molecule has 0 amide bonds. The minimum Gasteiger partial charge on any atom is -0.372 e. The van der Waals surface area contributed by atoms with Crippen LogP contribution in [-0.4, -0.2) is 48.7 Å². The second kappa shape index (κ2) is 13.2. The van der Waals surface area contributed by atoms with E-state index in [0.717, 1.165) is 19.3 Å². The fourth-order valence-corrected chi connectivity index (χ4v) is 7.52. The third-order valence-electron chi connectivity index (χ3n) is 11.2. The van der Waals surface area contributed by atoms with Gasteiger partial charge in [0.15, 0.2) is 12.1 Å². The Balaban J connectivity index is 1.82. The van der Waals surface area contributed by atoms with Gasteiger partial charge in [0.2, 0.25) is 0 Å². The molecule has 3 saturated heterocycles. The van der Waals surface area contributed by atoms with Crippen LogP contribution in [0.15, 0.2) is 0 Å². The number of ether oxygens (including phenoxy) is 5. The van der Waals surface area contributed by atoms with E-state index in [0.29, 0.717) is 35.5 Å². The van der Waals surface area contributed by atoms with E-state index in [1.807, 2.05) is 0 Å². The molecule has 0 aromatic heterocycles. The Labute approximate surface area is 235 Å². The molecule has 16 atom stereocenters. The molecule has 5 nitrogen and oxygen atoms in total. The van der Waals surface area contributed by atoms with E-state index in [-0.39, 0.29) is 54.7 Å². The predicted molar refractivity (Wildman–Crippen MR) is 155 cm³/mol. The summed E-state index contributed by atoms with van der Waals surface area (Å²) in [5.41, 5.74) is 0. The van der Waals surface area contributed by atoms with E-state index in [1.165, 1.54) is 6.42 Å². The van der Waals surface area contributed by atoms with Crippen LogP contribution >= 0.6 is 0 Å². The van der Waals surface area contributed by atoms with E-state index in [2.05, 4.69) is 90.0 Å². The van der Waals surface area contributed by atoms with Crippen LogP contribution in [0.2, 0.25) is 0 Å². The standard InChI is InChI=1S/C33H62O5/c1-14-18(4)20(6)29-21(7)19(5)17-33(13,37-29)38-30-24(10)27(15-2)35-32(25(30)11)36-31-23(9)22(8)26(12)34-28(31)16-3/h18-32H,14-17H2,1-13H3. The van der Waals surface area contributed by atoms with Crippen molar-refractivity contribution < 1.29 is 23.7 Å². The SMILES string of the molecule is CCC(C)C(C)C1OC(C)(OC2C(C)C(CC)OC(OC3C(CC)OC(C)C(C)C3C)C2C)CC(C)C1C. The molecule has 3 aliphatic heterocycles. The quantitative estimate of drug-likeness (QED) is 0.297. The van der Waals surface area contributed by atoms with Gasteiger partial charge in [-0.15, -0.1) is 0 Å². The van der Waals surface area contributed by atoms with Crippen molar-refractivity contribution >= 4 is 0 Å². The first-order valence-corrected chi connectivity index (χ1v) is 16.1. The summed E-state index contributed by atoms with van der Waals surface area (Å²) in [4.78, 5) is 0. The van der Waals surface area contributed by atoms with Gasteiger partial charge in [-0.3, -0.25) is 0 Å². The molecule has 0 saturated carbocycles. The summed E-state index contributed by atoms with van der Waals surface area (Å²) in [6.07, 6.45) is 4.31. The summed E-state index contributed by atoms with van der Waals surface area (Å²) in [6.45, 7) is 29.7. The first kappa shape index (κ1) is 32.3. The van der Waals surface area contributed by atoms with Gasteiger partial charge in [0.25, 0.3) is 0 Å². The molecule has 0 radical (unpaired) electrons. The van der Waals surface area contributed by atoms with Crippen molar-refractivity contribution in [3.63, 3.8) is 0 Å². The molecule has 0 aromatic rings. The van der Waals surface area contributed by atoms with E-state index >= 15 is 0 Å². The van der Waals surface area contributed by atoms with Gasteiger partial charge in [0.1, 0.15) is 0 Å². The highest BCUT2D eigenvalue weighted by atomic mass is 16.7. The minimum atomic E-state index is -0.608. The summed E-state index contributed by atoms with van der Waals surface area (Å²) in [5.74, 6) is 2.76. The van der Waals surface area contributed by atoms with Crippen LogP contribution in [0.3, 0.4) is 0 Å². The Morgan fingerprint density at radius 2 is 1.39 bits per heavy atom. The molecule has 0 spiro atoms. The molecule has 3 fully saturated rings. The van der Waals surface area contributed by atoms with Gasteiger partial charge in [0, 0.05) is 18.3 Å². The molecule has 0 bridgehead atoms. The molecule has 0 aromatic carbocycles. The zero-order valence-electron chi connectivity index (χ0n) is 27.0. The van der Waals surface area contributed by atoms with E-state index in [9.17, 15) is 0 Å². The van der Waals surface area contributed by atoms with Crippen LogP contribution in [0, 0.1) is 47.3 Å². The highest BCUT2D eigenvalue weighted by molar-refractivity contribution is 4.93. The summed E-state index contributed by atoms with van der Waals surface area (Å²) in [5, 5.41) is 0. The van der Waals surface area contributed by atoms with Crippen LogP contribution < -0.4 is 0 Å². The average Bonchev–Trinajstić information content (AvgIpc) is 2.89. The smallest absolute Gasteiger partial charge is 0.166 e. The molecular weight excluding hydrogens is 476 g/mol. The molecule has 0 N–H and O–H groups in total. The fraction of sp³-hybridized carbons (Fsp3) is 1.00. The van der Waals surface area contributed by atoms with Crippen molar-refractivity contribution in [2.75, 3.05) is 0 Å². The van der Waals surface area contributed by atoms with Crippen LogP contribution in [0.25, 0.3) is 0 Å². The zero-order valence-corrected chi connectivity index (χ0v) is 27.0. The van der Waals surface area contributed by atoms with Crippen LogP contribution in [0.1, 0.15) is 116 Å². The first-order valence-electron chi connectivity index (χ1n) is 16.1. The predicted octanol–water partition coefficient (Wildman–Crippen LogP) is 8.09. The molecule has 224 valence electrons. The summed E-state index contributed by atoms with van der Waals surface area (Å²) >= 11 is 0. The Morgan fingerprint density at radius 3 is 1.97 bits per heavy atom. The van der Waals surface area contributed by atoms with Crippen molar-refractivity contribution in [2.24, 2.45) is 47.3 Å². The number of hydrogen-bond acceptors (Lipinski definition) is 5. The molecule has 3 rings (SSSR count). The maximum atomic E-state index is 7.11. The summed E-state index contributed by atoms with van der Waals surface area (Å²) < 4.78 is 34.0. The van der Waals surface area contributed by atoms with Crippen molar-refractivity contribution in [3.05, 3.63) is 0 Å². The molecule has 16 unspecified atom stereocenters. The Morgan fingerprint density at radius 1 is 0.763 bits per heavy atom. The lowest BCUT2D eigenvalue weighted by atomic mass is 9.74. The molecule has 3 heterocycles. The van der Waals surface area contributed by atoms with Crippen LogP contribution in [0.4, 0.5) is 0 Å². The van der Waals surface area contributed by atoms with E-state index in [1.54, 1.807) is 0 Å². The van der Waals surface area contributed by atoms with Gasteiger partial charge >= 0.3 is 0 Å². The van der Waals surface area contributed by atoms with E-state index in [4.69, 9.17) is 23.7 Å². The lowest BCUT2D eigenvalue weighted by Crippen LogP contribution is -2.59. The number of rotatable bonds is 9. The minimum absolute atomic E-state index is 0.0000921. The second-order valence-electron chi connectivity index (χ2n) is 13.9. The lowest BCUT2D eigenvalue weighted by molar-refractivity contribution is -0.363. The maximum Gasteiger partial charge on any atom is 0.166 e. The van der Waals surface area contributed by atoms with Crippen LogP contribution in [-0.2, 0) is 23.7 Å². The molecule has 5 heteroatoms. The van der Waals surface area contributed by atoms with Crippen molar-refractivity contribution in [1.29, 1.82) is 0 Å². The highest BCUT2D eigenvalue weighted by Gasteiger charge is 2.51. The first-order chi connectivity index (χ1) is 17.8. The highest BCUT2D eigenvalue weighted by Crippen LogP contribution is 2.46. The molecular formula is C33H62O5. The van der Waals surface area contributed by atoms with Crippen molar-refractivity contribution in [1.82, 2.24) is 0 Å². The second-order valence-corrected chi connectivity index (χ2v) is 13.9. The fourth-order valence-electron chi connectivity index (χ4n) is 7.52. The Hall–Kier alpha value is -0.200. The van der Waals surface area contributed by atoms with Gasteiger partial charge in [-0.05, 0) is 62.2 Å². The largest absolute Gasteiger partial charge is 0.372 e. The molecule has 0 aliphatic carbocycles. The number of hydrogen-bond donors (Lipinski definition) is 0. The molecule has 38 heavy (non-hydrogen) atoms. The normalized spacial score (nSPS) is 50.0. The summed E-state index contributed by atoms with van der Waals surface area (Å²) in [7, 11) is 0. The Bertz CT molecular complexity index is 728. The van der Waals surface area contributed by atoms with Crippen molar-refractivity contribution in [2.45, 2.75) is 164 Å². The lowest BCUT2D eigenvalue weighted by Gasteiger charge is -2.53. The third kappa shape index (κ3) is 6.64. The van der Waals surface area contributed by atoms with Gasteiger partial charge < -0.3 is 23.7 Å².